The summed E-state index contributed by atoms with van der Waals surface area (Å²) in [4.78, 5) is 26.6. The first kappa shape index (κ1) is 19.7. The van der Waals surface area contributed by atoms with Gasteiger partial charge in [-0.2, -0.15) is 0 Å². The number of benzene rings is 2. The lowest BCUT2D eigenvalue weighted by Gasteiger charge is -2.32. The number of hydrogen-bond donors (Lipinski definition) is 2. The number of carbonyl (C=O) groups is 2. The largest absolute Gasteiger partial charge is 0.497 e. The Hall–Kier alpha value is -3.09. The van der Waals surface area contributed by atoms with Gasteiger partial charge in [0.25, 0.3) is 0 Å². The lowest BCUT2D eigenvalue weighted by Crippen LogP contribution is -2.46. The minimum absolute atomic E-state index is 0.139. The van der Waals surface area contributed by atoms with E-state index in [2.05, 4.69) is 10.6 Å². The summed E-state index contributed by atoms with van der Waals surface area (Å²) >= 11 is 0. The van der Waals surface area contributed by atoms with E-state index in [4.69, 9.17) is 4.74 Å². The predicted octanol–water partition coefficient (Wildman–Crippen LogP) is 3.39. The summed E-state index contributed by atoms with van der Waals surface area (Å²) in [6, 6.07) is 13.2. The Balaban J connectivity index is 1.53. The molecule has 0 radical (unpaired) electrons. The smallest absolute Gasteiger partial charge is 0.321 e. The number of piperidine rings is 1. The molecule has 6 nitrogen and oxygen atoms in total. The number of methoxy groups -OCH3 is 1. The van der Waals surface area contributed by atoms with E-state index in [9.17, 15) is 14.0 Å². The molecule has 3 rings (SSSR count). The molecule has 0 aromatic heterocycles. The summed E-state index contributed by atoms with van der Waals surface area (Å²) in [5, 5.41) is 5.62. The third kappa shape index (κ3) is 5.00. The molecular weight excluding hydrogens is 361 g/mol. The lowest BCUT2D eigenvalue weighted by molar-refractivity contribution is -0.126. The average molecular weight is 385 g/mol. The second-order valence-electron chi connectivity index (χ2n) is 6.75. The maximum Gasteiger partial charge on any atom is 0.321 e. The van der Waals surface area contributed by atoms with Gasteiger partial charge in [0.2, 0.25) is 5.91 Å². The summed E-state index contributed by atoms with van der Waals surface area (Å²) in [7, 11) is 1.58. The van der Waals surface area contributed by atoms with Gasteiger partial charge in [0, 0.05) is 30.9 Å². The standard InChI is InChI=1S/C21H24FN3O3/c1-28-18-10-8-17(9-11-18)24-21(27)25-12-4-6-16(14-25)20(26)23-13-15-5-2-3-7-19(15)22/h2-3,5,7-11,16H,4,6,12-14H2,1H3,(H,23,26)(H,24,27)/t16-/m0/s1. The average Bonchev–Trinajstić information content (AvgIpc) is 2.73. The molecule has 2 aromatic rings. The van der Waals surface area contributed by atoms with E-state index in [-0.39, 0.29) is 30.2 Å². The van der Waals surface area contributed by atoms with Crippen molar-refractivity contribution < 1.29 is 18.7 Å². The molecule has 1 heterocycles. The van der Waals surface area contributed by atoms with Crippen LogP contribution in [0.3, 0.4) is 0 Å². The highest BCUT2D eigenvalue weighted by Crippen LogP contribution is 2.20. The summed E-state index contributed by atoms with van der Waals surface area (Å²) in [5.41, 5.74) is 1.11. The molecule has 1 aliphatic heterocycles. The number of anilines is 1. The molecule has 3 amide bonds. The van der Waals surface area contributed by atoms with Crippen molar-refractivity contribution in [1.29, 1.82) is 0 Å². The summed E-state index contributed by atoms with van der Waals surface area (Å²) in [6.45, 7) is 1.07. The first-order chi connectivity index (χ1) is 13.6. The van der Waals surface area contributed by atoms with Crippen molar-refractivity contribution >= 4 is 17.6 Å². The molecule has 0 aliphatic carbocycles. The van der Waals surface area contributed by atoms with Gasteiger partial charge in [-0.1, -0.05) is 18.2 Å². The number of nitrogens with one attached hydrogen (secondary N) is 2. The SMILES string of the molecule is COc1ccc(NC(=O)N2CCC[C@H](C(=O)NCc3ccccc3F)C2)cc1. The zero-order valence-corrected chi connectivity index (χ0v) is 15.8. The van der Waals surface area contributed by atoms with Gasteiger partial charge in [0.05, 0.1) is 13.0 Å². The molecule has 1 saturated heterocycles. The van der Waals surface area contributed by atoms with Crippen LogP contribution in [0.2, 0.25) is 0 Å². The van der Waals surface area contributed by atoms with Crippen molar-refractivity contribution in [2.75, 3.05) is 25.5 Å². The number of halogens is 1. The number of nitrogens with zero attached hydrogens (tertiary/aromatic N) is 1. The number of rotatable bonds is 5. The molecule has 0 saturated carbocycles. The van der Waals surface area contributed by atoms with Gasteiger partial charge in [-0.05, 0) is 43.2 Å². The van der Waals surface area contributed by atoms with Crippen LogP contribution in [0, 0.1) is 11.7 Å². The van der Waals surface area contributed by atoms with Gasteiger partial charge in [0.15, 0.2) is 0 Å². The minimum Gasteiger partial charge on any atom is -0.497 e. The van der Waals surface area contributed by atoms with Gasteiger partial charge in [0.1, 0.15) is 11.6 Å². The molecule has 0 unspecified atom stereocenters. The Morgan fingerprint density at radius 2 is 1.93 bits per heavy atom. The quantitative estimate of drug-likeness (QED) is 0.829. The summed E-state index contributed by atoms with van der Waals surface area (Å²) in [6.07, 6.45) is 1.45. The third-order valence-electron chi connectivity index (χ3n) is 4.83. The van der Waals surface area contributed by atoms with Gasteiger partial charge in [-0.3, -0.25) is 4.79 Å². The van der Waals surface area contributed by atoms with E-state index in [1.165, 1.54) is 6.07 Å². The molecular formula is C21H24FN3O3. The van der Waals surface area contributed by atoms with Crippen LogP contribution < -0.4 is 15.4 Å². The van der Waals surface area contributed by atoms with Crippen molar-refractivity contribution in [1.82, 2.24) is 10.2 Å². The number of urea groups is 1. The van der Waals surface area contributed by atoms with Crippen LogP contribution in [0.15, 0.2) is 48.5 Å². The topological polar surface area (TPSA) is 70.7 Å². The monoisotopic (exact) mass is 385 g/mol. The molecule has 0 spiro atoms. The maximum atomic E-state index is 13.7. The van der Waals surface area contributed by atoms with E-state index in [0.29, 0.717) is 36.5 Å². The van der Waals surface area contributed by atoms with E-state index >= 15 is 0 Å². The first-order valence-electron chi connectivity index (χ1n) is 9.28. The van der Waals surface area contributed by atoms with Crippen LogP contribution in [0.4, 0.5) is 14.9 Å². The van der Waals surface area contributed by atoms with Crippen LogP contribution in [0.25, 0.3) is 0 Å². The van der Waals surface area contributed by atoms with Crippen LogP contribution in [-0.2, 0) is 11.3 Å². The molecule has 0 bridgehead atoms. The number of carbonyl (C=O) groups excluding carboxylic acids is 2. The zero-order chi connectivity index (χ0) is 19.9. The Morgan fingerprint density at radius 1 is 1.18 bits per heavy atom. The van der Waals surface area contributed by atoms with Crippen molar-refractivity contribution in [3.05, 3.63) is 59.9 Å². The predicted molar refractivity (Wildman–Crippen MR) is 105 cm³/mol. The fourth-order valence-corrected chi connectivity index (χ4v) is 3.22. The minimum atomic E-state index is -0.341. The zero-order valence-electron chi connectivity index (χ0n) is 15.8. The van der Waals surface area contributed by atoms with Gasteiger partial charge in [-0.15, -0.1) is 0 Å². The van der Waals surface area contributed by atoms with Crippen molar-refractivity contribution in [3.8, 4) is 5.75 Å². The maximum absolute atomic E-state index is 13.7. The molecule has 28 heavy (non-hydrogen) atoms. The van der Waals surface area contributed by atoms with Crippen LogP contribution in [-0.4, -0.2) is 37.0 Å². The number of likely N-dealkylation sites (tertiary alicyclic amines) is 1. The van der Waals surface area contributed by atoms with Gasteiger partial charge in [-0.25, -0.2) is 9.18 Å². The normalized spacial score (nSPS) is 16.4. The van der Waals surface area contributed by atoms with Gasteiger partial charge >= 0.3 is 6.03 Å². The number of amides is 3. The fraction of sp³-hybridized carbons (Fsp3) is 0.333. The highest BCUT2D eigenvalue weighted by Gasteiger charge is 2.28. The van der Waals surface area contributed by atoms with E-state index < -0.39 is 0 Å². The molecule has 2 aromatic carbocycles. The highest BCUT2D eigenvalue weighted by molar-refractivity contribution is 5.90. The Kier molecular flexibility index (Phi) is 6.47. The molecule has 148 valence electrons. The molecule has 7 heteroatoms. The van der Waals surface area contributed by atoms with Crippen molar-refractivity contribution in [2.24, 2.45) is 5.92 Å². The van der Waals surface area contributed by atoms with Gasteiger partial charge < -0.3 is 20.3 Å². The molecule has 1 fully saturated rings. The highest BCUT2D eigenvalue weighted by atomic mass is 19.1. The lowest BCUT2D eigenvalue weighted by atomic mass is 9.97. The second-order valence-corrected chi connectivity index (χ2v) is 6.75. The second kappa shape index (κ2) is 9.21. The van der Waals surface area contributed by atoms with E-state index in [1.54, 1.807) is 54.5 Å². The Morgan fingerprint density at radius 3 is 2.64 bits per heavy atom. The molecule has 1 atom stereocenters. The van der Waals surface area contributed by atoms with E-state index in [0.717, 1.165) is 6.42 Å². The molecule has 2 N–H and O–H groups in total. The van der Waals surface area contributed by atoms with Crippen molar-refractivity contribution in [2.45, 2.75) is 19.4 Å². The third-order valence-corrected chi connectivity index (χ3v) is 4.83. The van der Waals surface area contributed by atoms with E-state index in [1.807, 2.05) is 0 Å². The number of ether oxygens (including phenoxy) is 1. The Labute approximate surface area is 163 Å². The van der Waals surface area contributed by atoms with Crippen molar-refractivity contribution in [3.63, 3.8) is 0 Å². The van der Waals surface area contributed by atoms with Crippen LogP contribution in [0.5, 0.6) is 5.75 Å². The fourth-order valence-electron chi connectivity index (χ4n) is 3.22. The summed E-state index contributed by atoms with van der Waals surface area (Å²) in [5.74, 6) is -0.0955. The van der Waals surface area contributed by atoms with Crippen LogP contribution >= 0.6 is 0 Å². The number of hydrogen-bond acceptors (Lipinski definition) is 3. The Bertz CT molecular complexity index is 826. The summed E-state index contributed by atoms with van der Waals surface area (Å²) < 4.78 is 18.8. The van der Waals surface area contributed by atoms with Crippen LogP contribution in [0.1, 0.15) is 18.4 Å². The first-order valence-corrected chi connectivity index (χ1v) is 9.28. The molecule has 1 aliphatic rings.